The maximum absolute atomic E-state index is 13.5. The first kappa shape index (κ1) is 48.2. The molecule has 366 valence electrons. The fraction of sp³-hybridized carbons (Fsp3) is 0. The highest BCUT2D eigenvalue weighted by molar-refractivity contribution is 6.13. The highest BCUT2D eigenvalue weighted by Crippen LogP contribution is 2.30. The third-order valence-electron chi connectivity index (χ3n) is 11.2. The van der Waals surface area contributed by atoms with Crippen LogP contribution in [0.1, 0.15) is 0 Å². The fourth-order valence-electron chi connectivity index (χ4n) is 7.83. The van der Waals surface area contributed by atoms with E-state index in [9.17, 15) is 28.8 Å². The molecule has 0 aromatic heterocycles. The molecule has 12 amide bonds. The summed E-state index contributed by atoms with van der Waals surface area (Å²) in [5, 5.41) is 37.0. The number of fused-ring (bicyclic) bond motifs is 2. The Morgan fingerprint density at radius 2 is 0.324 bits per heavy atom. The molecule has 9 rings (SSSR count). The number of hydrogen-bond donors (Lipinski definition) is 12. The van der Waals surface area contributed by atoms with Crippen LogP contribution in [0.25, 0.3) is 21.5 Å². The van der Waals surface area contributed by atoms with Gasteiger partial charge in [-0.2, -0.15) is 0 Å². The molecule has 18 heteroatoms. The Kier molecular flexibility index (Phi) is 14.8. The van der Waals surface area contributed by atoms with Gasteiger partial charge in [-0.05, 0) is 83.6 Å². The summed E-state index contributed by atoms with van der Waals surface area (Å²) in [5.41, 5.74) is 4.02. The van der Waals surface area contributed by atoms with Crippen LogP contribution in [0.4, 0.5) is 97.0 Å². The minimum Gasteiger partial charge on any atom is -0.307 e. The quantitative estimate of drug-likeness (QED) is 0.0567. The molecular weight excluding hydrogens is 937 g/mol. The van der Waals surface area contributed by atoms with E-state index in [2.05, 4.69) is 63.8 Å². The second-order valence-corrected chi connectivity index (χ2v) is 16.3. The third-order valence-corrected chi connectivity index (χ3v) is 11.2. The molecule has 0 radical (unpaired) electrons. The molecule has 0 unspecified atom stereocenters. The molecule has 12 N–H and O–H groups in total. The summed E-state index contributed by atoms with van der Waals surface area (Å²) in [6.07, 6.45) is 0. The Morgan fingerprint density at radius 3 is 0.541 bits per heavy atom. The number of amides is 12. The monoisotopic (exact) mass is 982 g/mol. The smallest absolute Gasteiger partial charge is 0.307 e. The van der Waals surface area contributed by atoms with Crippen LogP contribution < -0.4 is 63.8 Å². The summed E-state index contributed by atoms with van der Waals surface area (Å²) in [4.78, 5) is 79.9. The van der Waals surface area contributed by atoms with Gasteiger partial charge in [-0.1, -0.05) is 133 Å². The molecule has 0 bridgehead atoms. The van der Waals surface area contributed by atoms with Crippen molar-refractivity contribution in [3.8, 4) is 0 Å². The number of carbonyl (C=O) groups is 6. The number of carbonyl (C=O) groups excluding carboxylic acids is 6. The Hall–Kier alpha value is -10.9. The lowest BCUT2D eigenvalue weighted by atomic mass is 10.1. The molecular formula is C56H46N12O6. The Bertz CT molecular complexity index is 3350. The Labute approximate surface area is 423 Å². The second-order valence-electron chi connectivity index (χ2n) is 16.3. The normalized spacial score (nSPS) is 10.5. The molecule has 0 aliphatic rings. The van der Waals surface area contributed by atoms with Gasteiger partial charge >= 0.3 is 36.2 Å². The number of benzene rings is 9. The predicted molar refractivity (Wildman–Crippen MR) is 296 cm³/mol. The van der Waals surface area contributed by atoms with Crippen molar-refractivity contribution in [2.24, 2.45) is 0 Å². The molecule has 0 saturated carbocycles. The fourth-order valence-corrected chi connectivity index (χ4v) is 7.83. The molecule has 0 aliphatic heterocycles. The third kappa shape index (κ3) is 12.3. The molecule has 0 aliphatic carbocycles. The standard InChI is InChI=1S/C56H46N12O6/c69-51(57-39-33-15-19-35-17-1-3-21-37(35)39)59-41-23-5-7-25-43(41)61-53(71)63-45-27-9-11-29-47(45)65-55(73)67-49-31-13-14-32-50(49)68-56(74)66-48-30-12-10-28-46(48)64-54(72)62-44-26-8-6-24-42(44)60-52(70)58-40-34-16-20-36-18-2-4-22-38(36)40/h1-34H,(H2,57,59,69)(H2,58,60,70)(H2,61,63,71)(H2,62,64,72)(H2,65,67,73)(H2,66,68,74). The highest BCUT2D eigenvalue weighted by atomic mass is 16.2. The summed E-state index contributed by atoms with van der Waals surface area (Å²) in [6.45, 7) is 0. The Morgan fingerprint density at radius 1 is 0.176 bits per heavy atom. The second kappa shape index (κ2) is 22.7. The number of urea groups is 6. The Balaban J connectivity index is 0.780. The number of nitrogens with one attached hydrogen (secondary N) is 12. The van der Waals surface area contributed by atoms with E-state index >= 15 is 0 Å². The van der Waals surface area contributed by atoms with Crippen LogP contribution in [0.15, 0.2) is 206 Å². The highest BCUT2D eigenvalue weighted by Gasteiger charge is 2.17. The maximum atomic E-state index is 13.5. The molecule has 0 fully saturated rings. The minimum atomic E-state index is -0.691. The minimum absolute atomic E-state index is 0.237. The van der Waals surface area contributed by atoms with Crippen LogP contribution in [0.5, 0.6) is 0 Å². The van der Waals surface area contributed by atoms with E-state index in [1.165, 1.54) is 0 Å². The topological polar surface area (TPSA) is 247 Å². The van der Waals surface area contributed by atoms with Gasteiger partial charge in [0.2, 0.25) is 0 Å². The molecule has 0 atom stereocenters. The van der Waals surface area contributed by atoms with E-state index in [1.54, 1.807) is 133 Å². The van der Waals surface area contributed by atoms with Gasteiger partial charge < -0.3 is 63.8 Å². The number of para-hydroxylation sites is 10. The van der Waals surface area contributed by atoms with Crippen LogP contribution >= 0.6 is 0 Å². The van der Waals surface area contributed by atoms with Crippen LogP contribution in [-0.4, -0.2) is 36.2 Å². The average molecular weight is 983 g/mol. The lowest BCUT2D eigenvalue weighted by Crippen LogP contribution is -2.26. The molecule has 18 nitrogen and oxygen atoms in total. The van der Waals surface area contributed by atoms with Gasteiger partial charge in [0.15, 0.2) is 0 Å². The van der Waals surface area contributed by atoms with Crippen LogP contribution in [0, 0.1) is 0 Å². The SMILES string of the molecule is O=C(Nc1ccccc1NC(=O)Nc1ccccc1NC(=O)Nc1ccccc1NC(=O)Nc1cccc2ccccc12)Nc1ccccc1NC(=O)Nc1ccccc1NC(=O)Nc1cccc2ccccc12. The molecule has 0 spiro atoms. The van der Waals surface area contributed by atoms with Crippen molar-refractivity contribution >= 4 is 126 Å². The first-order chi connectivity index (χ1) is 36.1. The first-order valence-corrected chi connectivity index (χ1v) is 23.0. The summed E-state index contributed by atoms with van der Waals surface area (Å²) in [6, 6.07) is 55.8. The van der Waals surface area contributed by atoms with Crippen molar-refractivity contribution in [1.82, 2.24) is 0 Å². The number of hydrogen-bond acceptors (Lipinski definition) is 6. The molecule has 0 heterocycles. The largest absolute Gasteiger partial charge is 0.323 e. The van der Waals surface area contributed by atoms with Crippen LogP contribution in [0.2, 0.25) is 0 Å². The van der Waals surface area contributed by atoms with Gasteiger partial charge in [0.25, 0.3) is 0 Å². The zero-order valence-corrected chi connectivity index (χ0v) is 39.1. The summed E-state index contributed by atoms with van der Waals surface area (Å²) >= 11 is 0. The van der Waals surface area contributed by atoms with E-state index in [0.717, 1.165) is 21.5 Å². The molecule has 74 heavy (non-hydrogen) atoms. The van der Waals surface area contributed by atoms with Crippen LogP contribution in [0.3, 0.4) is 0 Å². The van der Waals surface area contributed by atoms with Crippen molar-refractivity contribution in [3.05, 3.63) is 206 Å². The summed E-state index contributed by atoms with van der Waals surface area (Å²) < 4.78 is 0. The number of rotatable bonds is 12. The summed E-state index contributed by atoms with van der Waals surface area (Å²) in [5.74, 6) is 0. The number of anilines is 12. The van der Waals surface area contributed by atoms with E-state index in [0.29, 0.717) is 34.1 Å². The van der Waals surface area contributed by atoms with Crippen molar-refractivity contribution in [2.75, 3.05) is 63.8 Å². The van der Waals surface area contributed by atoms with Gasteiger partial charge in [-0.15, -0.1) is 0 Å². The van der Waals surface area contributed by atoms with Gasteiger partial charge in [-0.3, -0.25) is 0 Å². The average Bonchev–Trinajstić information content (AvgIpc) is 3.39. The van der Waals surface area contributed by atoms with E-state index < -0.39 is 36.2 Å². The van der Waals surface area contributed by atoms with Gasteiger partial charge in [0.1, 0.15) is 0 Å². The molecule has 9 aromatic carbocycles. The van der Waals surface area contributed by atoms with E-state index in [4.69, 9.17) is 0 Å². The summed E-state index contributed by atoms with van der Waals surface area (Å²) in [7, 11) is 0. The zero-order chi connectivity index (χ0) is 51.2. The van der Waals surface area contributed by atoms with Gasteiger partial charge in [0, 0.05) is 10.8 Å². The van der Waals surface area contributed by atoms with E-state index in [1.807, 2.05) is 72.8 Å². The van der Waals surface area contributed by atoms with Crippen molar-refractivity contribution < 1.29 is 28.8 Å². The van der Waals surface area contributed by atoms with Crippen molar-refractivity contribution in [2.45, 2.75) is 0 Å². The van der Waals surface area contributed by atoms with Crippen molar-refractivity contribution in [1.29, 1.82) is 0 Å². The van der Waals surface area contributed by atoms with Gasteiger partial charge in [-0.25, -0.2) is 28.8 Å². The molecule has 0 saturated heterocycles. The van der Waals surface area contributed by atoms with Gasteiger partial charge in [0.05, 0.1) is 68.2 Å². The van der Waals surface area contributed by atoms with Crippen molar-refractivity contribution in [3.63, 3.8) is 0 Å². The molecule has 9 aromatic rings. The predicted octanol–water partition coefficient (Wildman–Crippen LogP) is 13.9. The lowest BCUT2D eigenvalue weighted by molar-refractivity contribution is 0.260. The maximum Gasteiger partial charge on any atom is 0.323 e. The first-order valence-electron chi connectivity index (χ1n) is 23.0. The van der Waals surface area contributed by atoms with Crippen LogP contribution in [-0.2, 0) is 0 Å². The van der Waals surface area contributed by atoms with E-state index in [-0.39, 0.29) is 34.1 Å². The lowest BCUT2D eigenvalue weighted by Gasteiger charge is -2.17. The zero-order valence-electron chi connectivity index (χ0n) is 39.1.